The number of hydrogen-bond donors (Lipinski definition) is 3. The van der Waals surface area contributed by atoms with Crippen molar-refractivity contribution < 1.29 is 29.0 Å². The van der Waals surface area contributed by atoms with E-state index in [1.54, 1.807) is 0 Å². The van der Waals surface area contributed by atoms with E-state index in [9.17, 15) is 19.5 Å². The van der Waals surface area contributed by atoms with Crippen LogP contribution in [0, 0.1) is 0 Å². The number of aliphatic carboxylic acids is 1. The number of ether oxygens (including phenoxy) is 2. The molecule has 1 fully saturated rings. The molecule has 0 radical (unpaired) electrons. The van der Waals surface area contributed by atoms with Crippen molar-refractivity contribution in [2.45, 2.75) is 36.8 Å². The summed E-state index contributed by atoms with van der Waals surface area (Å²) in [7, 11) is 0. The molecule has 4 rings (SSSR count). The first-order chi connectivity index (χ1) is 16.9. The first-order valence-corrected chi connectivity index (χ1v) is 13.1. The summed E-state index contributed by atoms with van der Waals surface area (Å²) in [6.45, 7) is 0.636. The van der Waals surface area contributed by atoms with Gasteiger partial charge >= 0.3 is 12.1 Å². The van der Waals surface area contributed by atoms with E-state index in [0.29, 0.717) is 12.2 Å². The molecule has 0 saturated carbocycles. The zero-order chi connectivity index (χ0) is 24.8. The largest absolute Gasteiger partial charge is 0.480 e. The first kappa shape index (κ1) is 25.1. The van der Waals surface area contributed by atoms with E-state index < -0.39 is 29.6 Å². The molecule has 1 atom stereocenters. The zero-order valence-corrected chi connectivity index (χ0v) is 20.4. The van der Waals surface area contributed by atoms with E-state index in [4.69, 9.17) is 9.47 Å². The Balaban J connectivity index is 1.42. The number of carboxylic acids is 1. The highest BCUT2D eigenvalue weighted by Gasteiger charge is 2.43. The predicted octanol–water partition coefficient (Wildman–Crippen LogP) is 3.40. The summed E-state index contributed by atoms with van der Waals surface area (Å²) in [6, 6.07) is 15.2. The summed E-state index contributed by atoms with van der Waals surface area (Å²) in [5, 5.41) is 15.1. The van der Waals surface area contributed by atoms with Gasteiger partial charge in [-0.3, -0.25) is 4.79 Å². The van der Waals surface area contributed by atoms with Gasteiger partial charge < -0.3 is 25.2 Å². The van der Waals surface area contributed by atoms with Crippen molar-refractivity contribution in [2.75, 3.05) is 31.8 Å². The Labute approximate surface area is 208 Å². The maximum absolute atomic E-state index is 13.1. The Bertz CT molecular complexity index is 1040. The van der Waals surface area contributed by atoms with Crippen molar-refractivity contribution in [1.29, 1.82) is 0 Å². The molecule has 0 bridgehead atoms. The van der Waals surface area contributed by atoms with Gasteiger partial charge in [0.25, 0.3) is 0 Å². The summed E-state index contributed by atoms with van der Waals surface area (Å²) in [4.78, 5) is 37.7. The summed E-state index contributed by atoms with van der Waals surface area (Å²) in [5.74, 6) is -1.11. The van der Waals surface area contributed by atoms with Crippen LogP contribution in [0.2, 0.25) is 0 Å². The second kappa shape index (κ2) is 11.1. The Kier molecular flexibility index (Phi) is 7.97. The lowest BCUT2D eigenvalue weighted by molar-refractivity contribution is -0.152. The second-order valence-electron chi connectivity index (χ2n) is 8.79. The number of fused-ring (bicyclic) bond motifs is 3. The highest BCUT2D eigenvalue weighted by atomic mass is 32.2. The van der Waals surface area contributed by atoms with Gasteiger partial charge in [0.1, 0.15) is 18.2 Å². The van der Waals surface area contributed by atoms with Gasteiger partial charge in [-0.15, -0.1) is 0 Å². The minimum absolute atomic E-state index is 0.0934. The maximum Gasteiger partial charge on any atom is 0.407 e. The highest BCUT2D eigenvalue weighted by Crippen LogP contribution is 2.44. The molecule has 8 nitrogen and oxygen atoms in total. The molecule has 1 aliphatic heterocycles. The van der Waals surface area contributed by atoms with E-state index in [0.717, 1.165) is 22.3 Å². The van der Waals surface area contributed by atoms with Crippen LogP contribution in [0.25, 0.3) is 11.1 Å². The number of carbonyl (C=O) groups excluding carboxylic acids is 2. The minimum Gasteiger partial charge on any atom is -0.480 e. The predicted molar refractivity (Wildman–Crippen MR) is 134 cm³/mol. The summed E-state index contributed by atoms with van der Waals surface area (Å²) >= 11 is 1.54. The maximum atomic E-state index is 13.1. The number of amides is 2. The molecule has 35 heavy (non-hydrogen) atoms. The minimum atomic E-state index is -1.39. The average molecular weight is 499 g/mol. The summed E-state index contributed by atoms with van der Waals surface area (Å²) in [5.41, 5.74) is 3.06. The van der Waals surface area contributed by atoms with Crippen LogP contribution in [0.5, 0.6) is 0 Å². The topological polar surface area (TPSA) is 114 Å². The molecular weight excluding hydrogens is 468 g/mol. The van der Waals surface area contributed by atoms with Crippen molar-refractivity contribution >= 4 is 29.7 Å². The standard InChI is InChI=1S/C26H30N2O6S/c1-35-15-10-22(23(29)28-26(24(30)31)11-13-33-14-12-26)27-25(32)34-16-21-19-8-4-2-6-17(19)18-7-3-5-9-20(18)21/h2-9,21-22H,10-16H2,1H3,(H,27,32)(H,28,29)(H,30,31). The van der Waals surface area contributed by atoms with Crippen LogP contribution in [0.3, 0.4) is 0 Å². The van der Waals surface area contributed by atoms with Crippen molar-refractivity contribution in [3.05, 3.63) is 59.7 Å². The van der Waals surface area contributed by atoms with Crippen LogP contribution in [0.1, 0.15) is 36.3 Å². The van der Waals surface area contributed by atoms with E-state index in [1.165, 1.54) is 11.8 Å². The van der Waals surface area contributed by atoms with Crippen LogP contribution < -0.4 is 10.6 Å². The van der Waals surface area contributed by atoms with Crippen LogP contribution in [-0.4, -0.2) is 66.5 Å². The number of carboxylic acid groups (broad SMARTS) is 1. The molecule has 1 aliphatic carbocycles. The van der Waals surface area contributed by atoms with Crippen molar-refractivity contribution in [3.8, 4) is 11.1 Å². The molecule has 2 aromatic rings. The Morgan fingerprint density at radius 1 is 1.09 bits per heavy atom. The van der Waals surface area contributed by atoms with Crippen molar-refractivity contribution in [3.63, 3.8) is 0 Å². The Morgan fingerprint density at radius 2 is 1.69 bits per heavy atom. The monoisotopic (exact) mass is 498 g/mol. The molecular formula is C26H30N2O6S. The van der Waals surface area contributed by atoms with E-state index in [2.05, 4.69) is 22.8 Å². The lowest BCUT2D eigenvalue weighted by Gasteiger charge is -2.35. The third-order valence-corrected chi connectivity index (χ3v) is 7.33. The van der Waals surface area contributed by atoms with Gasteiger partial charge in [-0.05, 0) is 40.7 Å². The molecule has 1 saturated heterocycles. The van der Waals surface area contributed by atoms with Gasteiger partial charge in [-0.2, -0.15) is 11.8 Å². The van der Waals surface area contributed by atoms with Gasteiger partial charge in [0, 0.05) is 32.0 Å². The van der Waals surface area contributed by atoms with Gasteiger partial charge in [0.2, 0.25) is 5.91 Å². The smallest absolute Gasteiger partial charge is 0.407 e. The molecule has 1 heterocycles. The quantitative estimate of drug-likeness (QED) is 0.486. The lowest BCUT2D eigenvalue weighted by Crippen LogP contribution is -2.61. The van der Waals surface area contributed by atoms with Gasteiger partial charge in [-0.1, -0.05) is 48.5 Å². The number of thioether (sulfide) groups is 1. The average Bonchev–Trinajstić information content (AvgIpc) is 3.19. The van der Waals surface area contributed by atoms with E-state index in [-0.39, 0.29) is 38.6 Å². The number of carbonyl (C=O) groups is 3. The Hall–Kier alpha value is -3.04. The van der Waals surface area contributed by atoms with Crippen molar-refractivity contribution in [1.82, 2.24) is 10.6 Å². The Morgan fingerprint density at radius 3 is 2.26 bits per heavy atom. The summed E-state index contributed by atoms with van der Waals surface area (Å²) < 4.78 is 10.9. The van der Waals surface area contributed by atoms with Crippen LogP contribution in [0.4, 0.5) is 4.79 Å². The lowest BCUT2D eigenvalue weighted by atomic mass is 9.89. The molecule has 186 valence electrons. The number of benzene rings is 2. The van der Waals surface area contributed by atoms with Crippen molar-refractivity contribution in [2.24, 2.45) is 0 Å². The molecule has 3 N–H and O–H groups in total. The zero-order valence-electron chi connectivity index (χ0n) is 19.6. The number of nitrogens with one attached hydrogen (secondary N) is 2. The first-order valence-electron chi connectivity index (χ1n) is 11.7. The molecule has 1 unspecified atom stereocenters. The normalized spacial score (nSPS) is 17.1. The number of rotatable bonds is 9. The fourth-order valence-corrected chi connectivity index (χ4v) is 5.19. The van der Waals surface area contributed by atoms with Gasteiger partial charge in [-0.25, -0.2) is 9.59 Å². The summed E-state index contributed by atoms with van der Waals surface area (Å²) in [6.07, 6.45) is 1.90. The van der Waals surface area contributed by atoms with Crippen LogP contribution in [0.15, 0.2) is 48.5 Å². The van der Waals surface area contributed by atoms with Gasteiger partial charge in [0.05, 0.1) is 0 Å². The molecule has 0 spiro atoms. The fraction of sp³-hybridized carbons (Fsp3) is 0.423. The fourth-order valence-electron chi connectivity index (χ4n) is 4.72. The number of alkyl carbamates (subject to hydrolysis) is 1. The third-order valence-electron chi connectivity index (χ3n) is 6.68. The second-order valence-corrected chi connectivity index (χ2v) is 9.78. The SMILES string of the molecule is CSCCC(NC(=O)OCC1c2ccccc2-c2ccccc21)C(=O)NC1(C(=O)O)CCOCC1. The molecule has 0 aromatic heterocycles. The van der Waals surface area contributed by atoms with Gasteiger partial charge in [0.15, 0.2) is 0 Å². The number of hydrogen-bond acceptors (Lipinski definition) is 6. The van der Waals surface area contributed by atoms with E-state index >= 15 is 0 Å². The van der Waals surface area contributed by atoms with Crippen LogP contribution in [-0.2, 0) is 19.1 Å². The molecule has 2 aromatic carbocycles. The molecule has 2 amide bonds. The van der Waals surface area contributed by atoms with Crippen LogP contribution >= 0.6 is 11.8 Å². The molecule has 2 aliphatic rings. The highest BCUT2D eigenvalue weighted by molar-refractivity contribution is 7.98. The molecule has 9 heteroatoms. The third kappa shape index (κ3) is 5.46. The van der Waals surface area contributed by atoms with E-state index in [1.807, 2.05) is 42.7 Å².